The van der Waals surface area contributed by atoms with Gasteiger partial charge < -0.3 is 14.6 Å². The first-order valence-corrected chi connectivity index (χ1v) is 12.3. The Bertz CT molecular complexity index is 1030. The minimum atomic E-state index is 0.167. The van der Waals surface area contributed by atoms with Gasteiger partial charge in [0.15, 0.2) is 11.0 Å². The second-order valence-electron chi connectivity index (χ2n) is 8.38. The van der Waals surface area contributed by atoms with Gasteiger partial charge in [-0.05, 0) is 31.7 Å². The minimum absolute atomic E-state index is 0.167. The molecule has 5 rings (SSSR count). The molecule has 2 aliphatic rings. The van der Waals surface area contributed by atoms with Crippen molar-refractivity contribution in [3.8, 4) is 11.4 Å². The molecule has 4 heterocycles. The molecule has 2 aliphatic heterocycles. The first-order chi connectivity index (χ1) is 15.3. The molecule has 0 aliphatic carbocycles. The molecule has 1 unspecified atom stereocenters. The number of ether oxygens (including phenoxy) is 1. The Morgan fingerprint density at radius 3 is 2.77 bits per heavy atom. The number of likely N-dealkylation sites (tertiary alicyclic amines) is 1. The summed E-state index contributed by atoms with van der Waals surface area (Å²) in [5.41, 5.74) is 2.11. The number of aromatic amines is 1. The Balaban J connectivity index is 1.39. The minimum Gasteiger partial charge on any atom is -0.376 e. The number of thioether (sulfide) groups is 1. The molecule has 164 valence electrons. The van der Waals surface area contributed by atoms with Crippen molar-refractivity contribution in [1.29, 1.82) is 0 Å². The van der Waals surface area contributed by atoms with Gasteiger partial charge in [-0.25, -0.2) is 0 Å². The van der Waals surface area contributed by atoms with E-state index in [1.165, 1.54) is 24.6 Å². The van der Waals surface area contributed by atoms with Gasteiger partial charge >= 0.3 is 0 Å². The number of nitrogens with one attached hydrogen (secondary N) is 1. The summed E-state index contributed by atoms with van der Waals surface area (Å²) >= 11 is 1.49. The largest absolute Gasteiger partial charge is 0.376 e. The molecule has 1 aromatic carbocycles. The Hall–Kier alpha value is -2.32. The predicted molar refractivity (Wildman–Crippen MR) is 122 cm³/mol. The molecule has 31 heavy (non-hydrogen) atoms. The van der Waals surface area contributed by atoms with Crippen molar-refractivity contribution in [1.82, 2.24) is 24.6 Å². The fraction of sp³-hybridized carbons (Fsp3) is 0.522. The average molecular weight is 440 g/mol. The molecule has 0 spiro atoms. The summed E-state index contributed by atoms with van der Waals surface area (Å²) in [5.74, 6) is 1.43. The third-order valence-electron chi connectivity index (χ3n) is 6.24. The average Bonchev–Trinajstić information content (AvgIpc) is 3.49. The first-order valence-electron chi connectivity index (χ1n) is 11.3. The Labute approximate surface area is 186 Å². The van der Waals surface area contributed by atoms with E-state index in [1.807, 2.05) is 23.2 Å². The third-order valence-corrected chi connectivity index (χ3v) is 7.19. The molecule has 3 aromatic rings. The molecule has 2 fully saturated rings. The molecule has 8 heteroatoms. The van der Waals surface area contributed by atoms with Gasteiger partial charge in [-0.3, -0.25) is 9.36 Å². The quantitative estimate of drug-likeness (QED) is 0.585. The van der Waals surface area contributed by atoms with Gasteiger partial charge in [0.25, 0.3) is 0 Å². The second-order valence-corrected chi connectivity index (χ2v) is 9.33. The molecule has 1 atom stereocenters. The normalized spacial score (nSPS) is 19.7. The van der Waals surface area contributed by atoms with Crippen LogP contribution in [0.15, 0.2) is 35.6 Å². The zero-order valence-corrected chi connectivity index (χ0v) is 18.6. The number of nitrogens with zero attached hydrogens (tertiary/aromatic N) is 4. The number of amides is 1. The summed E-state index contributed by atoms with van der Waals surface area (Å²) < 4.78 is 8.05. The van der Waals surface area contributed by atoms with Crippen LogP contribution in [0.4, 0.5) is 0 Å². The number of H-pyrrole nitrogens is 1. The number of hydrogen-bond acceptors (Lipinski definition) is 5. The van der Waals surface area contributed by atoms with Gasteiger partial charge in [0.2, 0.25) is 5.91 Å². The lowest BCUT2D eigenvalue weighted by Crippen LogP contribution is -2.33. The number of para-hydroxylation sites is 1. The fourth-order valence-corrected chi connectivity index (χ4v) is 5.40. The highest BCUT2D eigenvalue weighted by Crippen LogP contribution is 2.31. The van der Waals surface area contributed by atoms with Crippen LogP contribution in [0.3, 0.4) is 0 Å². The molecule has 7 nitrogen and oxygen atoms in total. The summed E-state index contributed by atoms with van der Waals surface area (Å²) in [7, 11) is 0. The monoisotopic (exact) mass is 439 g/mol. The maximum atomic E-state index is 12.8. The summed E-state index contributed by atoms with van der Waals surface area (Å²) in [6, 6.07) is 8.22. The van der Waals surface area contributed by atoms with Crippen molar-refractivity contribution in [2.45, 2.75) is 56.3 Å². The Morgan fingerprint density at radius 1 is 1.13 bits per heavy atom. The summed E-state index contributed by atoms with van der Waals surface area (Å²) in [6.45, 7) is 3.28. The van der Waals surface area contributed by atoms with Crippen LogP contribution in [0.5, 0.6) is 0 Å². The van der Waals surface area contributed by atoms with Gasteiger partial charge in [-0.1, -0.05) is 42.8 Å². The molecule has 2 saturated heterocycles. The van der Waals surface area contributed by atoms with E-state index in [-0.39, 0.29) is 12.0 Å². The molecular weight excluding hydrogens is 410 g/mol. The summed E-state index contributed by atoms with van der Waals surface area (Å²) in [4.78, 5) is 18.2. The van der Waals surface area contributed by atoms with E-state index in [2.05, 4.69) is 31.9 Å². The first kappa shape index (κ1) is 20.6. The van der Waals surface area contributed by atoms with Crippen LogP contribution in [0.25, 0.3) is 22.3 Å². The maximum absolute atomic E-state index is 12.8. The van der Waals surface area contributed by atoms with Gasteiger partial charge in [-0.15, -0.1) is 10.2 Å². The highest BCUT2D eigenvalue weighted by Gasteiger charge is 2.24. The van der Waals surface area contributed by atoms with Gasteiger partial charge in [0.1, 0.15) is 0 Å². The van der Waals surface area contributed by atoms with E-state index in [0.717, 1.165) is 72.8 Å². The van der Waals surface area contributed by atoms with Crippen LogP contribution in [-0.4, -0.2) is 62.1 Å². The zero-order valence-electron chi connectivity index (χ0n) is 17.8. The van der Waals surface area contributed by atoms with E-state index in [0.29, 0.717) is 12.3 Å². The summed E-state index contributed by atoms with van der Waals surface area (Å²) in [6.07, 6.45) is 8.96. The number of fused-ring (bicyclic) bond motifs is 1. The van der Waals surface area contributed by atoms with Crippen molar-refractivity contribution in [3.05, 3.63) is 30.5 Å². The lowest BCUT2D eigenvalue weighted by molar-refractivity contribution is -0.128. The number of carbonyl (C=O) groups is 1. The van der Waals surface area contributed by atoms with Crippen LogP contribution in [0.1, 0.15) is 38.5 Å². The lowest BCUT2D eigenvalue weighted by Gasteiger charge is -2.20. The lowest BCUT2D eigenvalue weighted by atomic mass is 10.1. The number of rotatable bonds is 6. The SMILES string of the molecule is O=C(CSc1nnc(-c2c[nH]c3ccccc23)n1CC1CCCO1)N1CCCCCC1. The molecule has 0 saturated carbocycles. The van der Waals surface area contributed by atoms with Crippen LogP contribution in [0.2, 0.25) is 0 Å². The van der Waals surface area contributed by atoms with Crippen LogP contribution in [0, 0.1) is 0 Å². The fourth-order valence-electron chi connectivity index (χ4n) is 4.55. The predicted octanol–water partition coefficient (Wildman–Crippen LogP) is 4.10. The highest BCUT2D eigenvalue weighted by molar-refractivity contribution is 7.99. The third kappa shape index (κ3) is 4.50. The molecule has 0 radical (unpaired) electrons. The summed E-state index contributed by atoms with van der Waals surface area (Å²) in [5, 5.41) is 11.0. The van der Waals surface area contributed by atoms with Crippen LogP contribution < -0.4 is 0 Å². The van der Waals surface area contributed by atoms with Gasteiger partial charge in [-0.2, -0.15) is 0 Å². The number of hydrogen-bond donors (Lipinski definition) is 1. The van der Waals surface area contributed by atoms with E-state index in [9.17, 15) is 4.79 Å². The number of aromatic nitrogens is 4. The van der Waals surface area contributed by atoms with Crippen molar-refractivity contribution >= 4 is 28.6 Å². The van der Waals surface area contributed by atoms with E-state index in [1.54, 1.807) is 0 Å². The van der Waals surface area contributed by atoms with Crippen molar-refractivity contribution < 1.29 is 9.53 Å². The molecule has 2 aromatic heterocycles. The second kappa shape index (κ2) is 9.44. The van der Waals surface area contributed by atoms with Crippen molar-refractivity contribution in [2.24, 2.45) is 0 Å². The molecule has 1 amide bonds. The van der Waals surface area contributed by atoms with Crippen molar-refractivity contribution in [2.75, 3.05) is 25.4 Å². The highest BCUT2D eigenvalue weighted by atomic mass is 32.2. The Morgan fingerprint density at radius 2 is 1.97 bits per heavy atom. The van der Waals surface area contributed by atoms with E-state index in [4.69, 9.17) is 4.74 Å². The molecular formula is C23H29N5O2S. The van der Waals surface area contributed by atoms with Crippen molar-refractivity contribution in [3.63, 3.8) is 0 Å². The van der Waals surface area contributed by atoms with Crippen LogP contribution in [-0.2, 0) is 16.1 Å². The van der Waals surface area contributed by atoms with Gasteiger partial charge in [0, 0.05) is 42.4 Å². The number of carbonyl (C=O) groups excluding carboxylic acids is 1. The Kier molecular flexibility index (Phi) is 6.27. The zero-order chi connectivity index (χ0) is 21.0. The smallest absolute Gasteiger partial charge is 0.233 e. The van der Waals surface area contributed by atoms with E-state index >= 15 is 0 Å². The van der Waals surface area contributed by atoms with Crippen LogP contribution >= 0.6 is 11.8 Å². The van der Waals surface area contributed by atoms with Gasteiger partial charge in [0.05, 0.1) is 18.4 Å². The molecule has 1 N–H and O–H groups in total. The number of benzene rings is 1. The topological polar surface area (TPSA) is 76.0 Å². The molecule has 0 bridgehead atoms. The standard InChI is InChI=1S/C23H29N5O2S/c29-21(27-11-5-1-2-6-12-27)16-31-23-26-25-22(28(23)15-17-8-7-13-30-17)19-14-24-20-10-4-3-9-18(19)20/h3-4,9-10,14,17,24H,1-2,5-8,11-13,15-16H2. The maximum Gasteiger partial charge on any atom is 0.233 e. The van der Waals surface area contributed by atoms with E-state index < -0.39 is 0 Å².